The smallest absolute Gasteiger partial charge is 0.263 e. The average molecular weight is 327 g/mol. The van der Waals surface area contributed by atoms with Crippen molar-refractivity contribution in [1.82, 2.24) is 0 Å². The Kier molecular flexibility index (Phi) is 4.59. The molecule has 2 aromatic carbocycles. The van der Waals surface area contributed by atoms with Crippen LogP contribution >= 0.6 is 11.6 Å². The zero-order chi connectivity index (χ0) is 15.5. The first-order chi connectivity index (χ1) is 9.92. The number of nitrogen functional groups attached to an aromatic ring is 1. The van der Waals surface area contributed by atoms with E-state index in [-0.39, 0.29) is 9.92 Å². The first-order valence-corrected chi connectivity index (χ1v) is 8.09. The Morgan fingerprint density at radius 3 is 2.71 bits per heavy atom. The van der Waals surface area contributed by atoms with Crippen LogP contribution in [-0.4, -0.2) is 15.0 Å². The van der Waals surface area contributed by atoms with Gasteiger partial charge in [-0.15, -0.1) is 0 Å². The molecule has 0 saturated carbocycles. The van der Waals surface area contributed by atoms with E-state index in [1.165, 1.54) is 18.2 Å². The van der Waals surface area contributed by atoms with Gasteiger partial charge in [0.25, 0.3) is 10.0 Å². The Balaban J connectivity index is 2.33. The minimum Gasteiger partial charge on any atom is -0.494 e. The molecule has 21 heavy (non-hydrogen) atoms. The molecule has 0 aliphatic heterocycles. The van der Waals surface area contributed by atoms with Gasteiger partial charge in [0.05, 0.1) is 17.3 Å². The highest BCUT2D eigenvalue weighted by Gasteiger charge is 2.18. The van der Waals surface area contributed by atoms with Crippen molar-refractivity contribution in [3.63, 3.8) is 0 Å². The van der Waals surface area contributed by atoms with Crippen molar-refractivity contribution >= 4 is 33.0 Å². The summed E-state index contributed by atoms with van der Waals surface area (Å²) in [7, 11) is -3.82. The topological polar surface area (TPSA) is 81.4 Å². The van der Waals surface area contributed by atoms with Crippen molar-refractivity contribution in [2.24, 2.45) is 0 Å². The predicted octanol–water partition coefficient (Wildman–Crippen LogP) is 3.12. The summed E-state index contributed by atoms with van der Waals surface area (Å²) in [6.45, 7) is 2.35. The first kappa shape index (κ1) is 15.5. The van der Waals surface area contributed by atoms with Gasteiger partial charge in [0.2, 0.25) is 0 Å². The largest absolute Gasteiger partial charge is 0.494 e. The third-order valence-electron chi connectivity index (χ3n) is 2.64. The van der Waals surface area contributed by atoms with Gasteiger partial charge in [0.1, 0.15) is 10.6 Å². The van der Waals surface area contributed by atoms with Crippen molar-refractivity contribution in [2.45, 2.75) is 11.8 Å². The minimum absolute atomic E-state index is 0.0639. The monoisotopic (exact) mass is 326 g/mol. The molecule has 0 spiro atoms. The number of rotatable bonds is 5. The standard InChI is InChI=1S/C14H15ClN2O3S/c1-2-20-12-5-3-4-11(9-12)17-21(18,19)14-8-10(16)6-7-13(14)15/h3-9,17H,2,16H2,1H3. The molecule has 0 saturated heterocycles. The summed E-state index contributed by atoms with van der Waals surface area (Å²) in [4.78, 5) is -0.0639. The number of ether oxygens (including phenoxy) is 1. The van der Waals surface area contributed by atoms with Crippen LogP contribution in [0.2, 0.25) is 5.02 Å². The van der Waals surface area contributed by atoms with E-state index in [2.05, 4.69) is 4.72 Å². The highest BCUT2D eigenvalue weighted by molar-refractivity contribution is 7.92. The highest BCUT2D eigenvalue weighted by Crippen LogP contribution is 2.27. The molecular formula is C14H15ClN2O3S. The second-order valence-corrected chi connectivity index (χ2v) is 6.31. The third-order valence-corrected chi connectivity index (χ3v) is 4.50. The molecule has 0 unspecified atom stereocenters. The van der Waals surface area contributed by atoms with Crippen LogP contribution in [-0.2, 0) is 10.0 Å². The molecule has 112 valence electrons. The lowest BCUT2D eigenvalue weighted by Gasteiger charge is -2.11. The van der Waals surface area contributed by atoms with Crippen LogP contribution in [0.25, 0.3) is 0 Å². The van der Waals surface area contributed by atoms with Gasteiger partial charge in [-0.25, -0.2) is 8.42 Å². The summed E-state index contributed by atoms with van der Waals surface area (Å²) in [5, 5.41) is 0.109. The van der Waals surface area contributed by atoms with Gasteiger partial charge in [-0.2, -0.15) is 0 Å². The fourth-order valence-corrected chi connectivity index (χ4v) is 3.34. The second kappa shape index (κ2) is 6.24. The van der Waals surface area contributed by atoms with Crippen LogP contribution in [0.3, 0.4) is 0 Å². The lowest BCUT2D eigenvalue weighted by molar-refractivity contribution is 0.340. The average Bonchev–Trinajstić information content (AvgIpc) is 2.42. The van der Waals surface area contributed by atoms with Gasteiger partial charge in [-0.05, 0) is 37.3 Å². The zero-order valence-electron chi connectivity index (χ0n) is 11.3. The van der Waals surface area contributed by atoms with Crippen molar-refractivity contribution in [1.29, 1.82) is 0 Å². The Morgan fingerprint density at radius 1 is 1.24 bits per heavy atom. The molecule has 0 radical (unpaired) electrons. The molecule has 2 aromatic rings. The highest BCUT2D eigenvalue weighted by atomic mass is 35.5. The summed E-state index contributed by atoms with van der Waals surface area (Å²) in [5.74, 6) is 0.580. The maximum absolute atomic E-state index is 12.4. The van der Waals surface area contributed by atoms with Crippen molar-refractivity contribution in [2.75, 3.05) is 17.1 Å². The number of nitrogens with one attached hydrogen (secondary N) is 1. The van der Waals surface area contributed by atoms with Crippen LogP contribution in [0.15, 0.2) is 47.4 Å². The Hall–Kier alpha value is -1.92. The summed E-state index contributed by atoms with van der Waals surface area (Å²) in [6.07, 6.45) is 0. The summed E-state index contributed by atoms with van der Waals surface area (Å²) < 4.78 is 32.5. The molecule has 2 rings (SSSR count). The van der Waals surface area contributed by atoms with Crippen molar-refractivity contribution in [3.8, 4) is 5.75 Å². The number of halogens is 1. The van der Waals surface area contributed by atoms with E-state index in [4.69, 9.17) is 22.1 Å². The van der Waals surface area contributed by atoms with Crippen LogP contribution < -0.4 is 15.2 Å². The van der Waals surface area contributed by atoms with Crippen molar-refractivity contribution in [3.05, 3.63) is 47.5 Å². The fourth-order valence-electron chi connectivity index (χ4n) is 1.75. The minimum atomic E-state index is -3.82. The van der Waals surface area contributed by atoms with Crippen molar-refractivity contribution < 1.29 is 13.2 Å². The maximum Gasteiger partial charge on any atom is 0.263 e. The molecule has 0 amide bonds. The quantitative estimate of drug-likeness (QED) is 0.827. The maximum atomic E-state index is 12.4. The first-order valence-electron chi connectivity index (χ1n) is 6.23. The van der Waals surface area contributed by atoms with Gasteiger partial charge in [0, 0.05) is 11.8 Å². The van der Waals surface area contributed by atoms with E-state index in [0.29, 0.717) is 23.7 Å². The van der Waals surface area contributed by atoms with E-state index in [1.54, 1.807) is 24.3 Å². The van der Waals surface area contributed by atoms with E-state index in [9.17, 15) is 8.42 Å². The fraction of sp³-hybridized carbons (Fsp3) is 0.143. The van der Waals surface area contributed by atoms with Crippen LogP contribution in [0, 0.1) is 0 Å². The molecule has 0 atom stereocenters. The molecule has 5 nitrogen and oxygen atoms in total. The Labute approximate surface area is 128 Å². The second-order valence-electron chi connectivity index (χ2n) is 4.26. The van der Waals surface area contributed by atoms with E-state index >= 15 is 0 Å². The summed E-state index contributed by atoms with van der Waals surface area (Å²) in [5.41, 5.74) is 6.32. The molecule has 0 aromatic heterocycles. The Morgan fingerprint density at radius 2 is 2.00 bits per heavy atom. The molecular weight excluding hydrogens is 312 g/mol. The van der Waals surface area contributed by atoms with Gasteiger partial charge >= 0.3 is 0 Å². The summed E-state index contributed by atoms with van der Waals surface area (Å²) >= 11 is 5.93. The van der Waals surface area contributed by atoms with Gasteiger partial charge in [0.15, 0.2) is 0 Å². The van der Waals surface area contributed by atoms with E-state index in [1.807, 2.05) is 6.92 Å². The van der Waals surface area contributed by atoms with E-state index < -0.39 is 10.0 Å². The number of sulfonamides is 1. The zero-order valence-corrected chi connectivity index (χ0v) is 12.9. The van der Waals surface area contributed by atoms with E-state index in [0.717, 1.165) is 0 Å². The van der Waals surface area contributed by atoms with Crippen LogP contribution in [0.5, 0.6) is 5.75 Å². The lowest BCUT2D eigenvalue weighted by atomic mass is 10.3. The Bertz CT molecular complexity index is 748. The van der Waals surface area contributed by atoms with Crippen LogP contribution in [0.1, 0.15) is 6.92 Å². The molecule has 0 bridgehead atoms. The predicted molar refractivity (Wildman–Crippen MR) is 84.3 cm³/mol. The molecule has 0 fully saturated rings. The molecule has 3 N–H and O–H groups in total. The number of anilines is 2. The SMILES string of the molecule is CCOc1cccc(NS(=O)(=O)c2cc(N)ccc2Cl)c1. The molecule has 0 aliphatic rings. The number of hydrogen-bond acceptors (Lipinski definition) is 4. The normalized spacial score (nSPS) is 11.1. The van der Waals surface area contributed by atoms with Gasteiger partial charge in [-0.1, -0.05) is 17.7 Å². The number of benzene rings is 2. The van der Waals surface area contributed by atoms with Crippen LogP contribution in [0.4, 0.5) is 11.4 Å². The molecule has 0 aliphatic carbocycles. The number of hydrogen-bond donors (Lipinski definition) is 2. The van der Waals surface area contributed by atoms with Gasteiger partial charge < -0.3 is 10.5 Å². The van der Waals surface area contributed by atoms with Gasteiger partial charge in [-0.3, -0.25) is 4.72 Å². The molecule has 0 heterocycles. The number of nitrogens with two attached hydrogens (primary N) is 1. The lowest BCUT2D eigenvalue weighted by Crippen LogP contribution is -2.14. The third kappa shape index (κ3) is 3.80. The summed E-state index contributed by atoms with van der Waals surface area (Å²) in [6, 6.07) is 11.0. The molecule has 7 heteroatoms.